The van der Waals surface area contributed by atoms with Crippen LogP contribution in [0.5, 0.6) is 0 Å². The Morgan fingerprint density at radius 3 is 1.12 bits per heavy atom. The normalized spacial score (nSPS) is 27.4. The molecule has 0 radical (unpaired) electrons. The van der Waals surface area contributed by atoms with E-state index in [0.29, 0.717) is 6.42 Å². The van der Waals surface area contributed by atoms with Crippen LogP contribution in [0.25, 0.3) is 0 Å². The summed E-state index contributed by atoms with van der Waals surface area (Å²) in [7, 11) is 0. The van der Waals surface area contributed by atoms with Gasteiger partial charge < -0.3 is 89.9 Å². The molecule has 3 aliphatic rings. The number of nitrogens with one attached hydrogen (secondary N) is 1. The molecule has 3 rings (SSSR count). The van der Waals surface area contributed by atoms with E-state index in [-0.39, 0.29) is 18.9 Å². The third-order valence-corrected chi connectivity index (χ3v) is 18.8. The van der Waals surface area contributed by atoms with Crippen molar-refractivity contribution in [2.24, 2.45) is 0 Å². The Labute approximate surface area is 578 Å². The third kappa shape index (κ3) is 38.3. The van der Waals surface area contributed by atoms with Crippen molar-refractivity contribution in [3.63, 3.8) is 0 Å². The number of amides is 1. The number of hydrogen-bond acceptors (Lipinski definition) is 18. The molecule has 0 aromatic carbocycles. The van der Waals surface area contributed by atoms with Crippen LogP contribution in [0.2, 0.25) is 0 Å². The van der Waals surface area contributed by atoms with Crippen molar-refractivity contribution in [2.75, 3.05) is 26.4 Å². The fourth-order valence-electron chi connectivity index (χ4n) is 12.6. The standard InChI is InChI=1S/C77H137NO18/c1-3-5-7-9-11-13-15-17-19-21-23-24-25-26-27-28-29-30-31-32-33-34-35-37-38-40-42-44-46-48-50-52-54-61(82)60(78-65(83)55-53-51-49-47-45-43-41-39-36-22-20-18-16-14-12-10-8-6-4-2)59-91-75-71(89)68(86)73(63(57-80)93-75)96-77-72(90)69(87)74(64(58-81)94-77)95-76-70(88)67(85)66(84)62(56-79)92-76/h6,8,12,14,18,20,36,39,43,45,52,54,60-64,66-77,79-82,84-90H,3-5,7,9-11,13,15-17,19,21-35,37-38,40-42,44,46-51,53,55-59H2,1-2H3,(H,78,83)/b8-6-,14-12-,20-18-,39-36-,45-43-,54-52+. The Balaban J connectivity index is 1.39. The maximum atomic E-state index is 13.4. The van der Waals surface area contributed by atoms with Gasteiger partial charge in [-0.25, -0.2) is 0 Å². The molecule has 1 amide bonds. The molecule has 3 aliphatic heterocycles. The second-order valence-corrected chi connectivity index (χ2v) is 27.1. The lowest BCUT2D eigenvalue weighted by atomic mass is 9.96. The molecule has 17 unspecified atom stereocenters. The average Bonchev–Trinajstić information content (AvgIpc) is 0.798. The molecule has 0 aromatic heterocycles. The topological polar surface area (TPSA) is 307 Å². The molecule has 12 N–H and O–H groups in total. The maximum Gasteiger partial charge on any atom is 0.220 e. The van der Waals surface area contributed by atoms with Crippen LogP contribution in [0, 0.1) is 0 Å². The number of rotatable bonds is 59. The number of allylic oxidation sites excluding steroid dienone is 11. The predicted molar refractivity (Wildman–Crippen MR) is 378 cm³/mol. The monoisotopic (exact) mass is 1360 g/mol. The summed E-state index contributed by atoms with van der Waals surface area (Å²) in [6.07, 6.45) is 47.5. The van der Waals surface area contributed by atoms with Gasteiger partial charge in [0.15, 0.2) is 18.9 Å². The molecule has 3 fully saturated rings. The summed E-state index contributed by atoms with van der Waals surface area (Å²) in [5, 5.41) is 121. The first-order valence-corrected chi connectivity index (χ1v) is 38.2. The Morgan fingerprint density at radius 1 is 0.385 bits per heavy atom. The lowest BCUT2D eigenvalue weighted by molar-refractivity contribution is -0.379. The zero-order chi connectivity index (χ0) is 69.6. The van der Waals surface area contributed by atoms with Gasteiger partial charge >= 0.3 is 0 Å². The van der Waals surface area contributed by atoms with Crippen molar-refractivity contribution in [3.8, 4) is 0 Å². The molecular weight excluding hydrogens is 1230 g/mol. The van der Waals surface area contributed by atoms with Crippen LogP contribution in [0.15, 0.2) is 72.9 Å². The van der Waals surface area contributed by atoms with Crippen molar-refractivity contribution in [3.05, 3.63) is 72.9 Å². The first-order chi connectivity index (χ1) is 46.8. The van der Waals surface area contributed by atoms with Crippen molar-refractivity contribution < 1.29 is 89.4 Å². The highest BCUT2D eigenvalue weighted by atomic mass is 16.8. The minimum atomic E-state index is -1.99. The summed E-state index contributed by atoms with van der Waals surface area (Å²) < 4.78 is 34.4. The van der Waals surface area contributed by atoms with Crippen LogP contribution in [-0.2, 0) is 33.2 Å². The molecule has 17 atom stereocenters. The summed E-state index contributed by atoms with van der Waals surface area (Å²) in [6, 6.07) is -0.996. The summed E-state index contributed by atoms with van der Waals surface area (Å²) >= 11 is 0. The van der Waals surface area contributed by atoms with E-state index in [9.17, 15) is 61.0 Å². The second kappa shape index (κ2) is 57.8. The van der Waals surface area contributed by atoms with Gasteiger partial charge in [0.05, 0.1) is 38.6 Å². The fourth-order valence-corrected chi connectivity index (χ4v) is 12.6. The molecule has 96 heavy (non-hydrogen) atoms. The average molecular weight is 1360 g/mol. The molecule has 3 heterocycles. The van der Waals surface area contributed by atoms with Gasteiger partial charge in [-0.3, -0.25) is 4.79 Å². The number of carbonyl (C=O) groups is 1. The predicted octanol–water partition coefficient (Wildman–Crippen LogP) is 11.7. The Morgan fingerprint density at radius 2 is 0.719 bits per heavy atom. The number of aliphatic hydroxyl groups excluding tert-OH is 11. The van der Waals surface area contributed by atoms with E-state index < -0.39 is 124 Å². The second-order valence-electron chi connectivity index (χ2n) is 27.1. The molecule has 0 bridgehead atoms. The number of carbonyl (C=O) groups excluding carboxylic acids is 1. The summed E-state index contributed by atoms with van der Waals surface area (Å²) in [6.45, 7) is 1.61. The lowest BCUT2D eigenvalue weighted by Crippen LogP contribution is -2.66. The molecule has 0 aliphatic carbocycles. The summed E-state index contributed by atoms with van der Waals surface area (Å²) in [4.78, 5) is 13.4. The Hall–Kier alpha value is -2.77. The molecular formula is C77H137NO18. The lowest BCUT2D eigenvalue weighted by Gasteiger charge is -2.48. The highest BCUT2D eigenvalue weighted by molar-refractivity contribution is 5.76. The zero-order valence-corrected chi connectivity index (χ0v) is 59.3. The first kappa shape index (κ1) is 87.4. The van der Waals surface area contributed by atoms with Gasteiger partial charge in [0.1, 0.15) is 73.2 Å². The summed E-state index contributed by atoms with van der Waals surface area (Å²) in [5.74, 6) is -0.306. The van der Waals surface area contributed by atoms with Gasteiger partial charge in [0.25, 0.3) is 0 Å². The summed E-state index contributed by atoms with van der Waals surface area (Å²) in [5.41, 5.74) is 0. The molecule has 3 saturated heterocycles. The first-order valence-electron chi connectivity index (χ1n) is 38.2. The fraction of sp³-hybridized carbons (Fsp3) is 0.831. The Kier molecular flexibility index (Phi) is 52.7. The number of hydrogen-bond donors (Lipinski definition) is 12. The highest BCUT2D eigenvalue weighted by Crippen LogP contribution is 2.33. The van der Waals surface area contributed by atoms with Crippen LogP contribution >= 0.6 is 0 Å². The van der Waals surface area contributed by atoms with E-state index in [1.807, 2.05) is 6.08 Å². The largest absolute Gasteiger partial charge is 0.394 e. The molecule has 0 spiro atoms. The number of ether oxygens (including phenoxy) is 6. The van der Waals surface area contributed by atoms with Crippen LogP contribution in [0.1, 0.15) is 277 Å². The molecule has 0 saturated carbocycles. The van der Waals surface area contributed by atoms with Gasteiger partial charge in [-0.05, 0) is 64.2 Å². The number of unbranched alkanes of at least 4 members (excludes halogenated alkanes) is 33. The molecule has 19 nitrogen and oxygen atoms in total. The highest BCUT2D eigenvalue weighted by Gasteiger charge is 2.53. The van der Waals surface area contributed by atoms with Gasteiger partial charge in [-0.2, -0.15) is 0 Å². The molecule has 0 aromatic rings. The molecule has 19 heteroatoms. The van der Waals surface area contributed by atoms with Gasteiger partial charge in [-0.1, -0.05) is 279 Å². The van der Waals surface area contributed by atoms with Crippen molar-refractivity contribution in [1.29, 1.82) is 0 Å². The van der Waals surface area contributed by atoms with Crippen LogP contribution in [-0.4, -0.2) is 193 Å². The van der Waals surface area contributed by atoms with Gasteiger partial charge in [0, 0.05) is 6.42 Å². The van der Waals surface area contributed by atoms with E-state index in [1.54, 1.807) is 6.08 Å². The van der Waals surface area contributed by atoms with E-state index in [1.165, 1.54) is 173 Å². The van der Waals surface area contributed by atoms with E-state index >= 15 is 0 Å². The van der Waals surface area contributed by atoms with E-state index in [2.05, 4.69) is 79.9 Å². The van der Waals surface area contributed by atoms with Gasteiger partial charge in [-0.15, -0.1) is 0 Å². The quantitative estimate of drug-likeness (QED) is 0.0199. The zero-order valence-electron chi connectivity index (χ0n) is 59.3. The molecule has 558 valence electrons. The smallest absolute Gasteiger partial charge is 0.220 e. The van der Waals surface area contributed by atoms with Crippen LogP contribution < -0.4 is 5.32 Å². The van der Waals surface area contributed by atoms with E-state index in [4.69, 9.17) is 28.4 Å². The van der Waals surface area contributed by atoms with Crippen LogP contribution in [0.4, 0.5) is 0 Å². The van der Waals surface area contributed by atoms with E-state index in [0.717, 1.165) is 77.0 Å². The SMILES string of the molecule is CC/C=C\C/C=C\C/C=C\C/C=C\C/C=C\CCCCCC(=O)NC(COC1OC(CO)C(OC2OC(CO)C(OC3OC(CO)C(O)C(O)C3O)C(O)C2O)C(O)C1O)C(O)/C=C/CCCCCCCCCCCCCCCCCCCCCCCCCCCCCCCC. The van der Waals surface area contributed by atoms with Crippen LogP contribution in [0.3, 0.4) is 0 Å². The number of aliphatic hydroxyl groups is 11. The van der Waals surface area contributed by atoms with Gasteiger partial charge in [0.2, 0.25) is 5.91 Å². The van der Waals surface area contributed by atoms with Crippen molar-refractivity contribution in [2.45, 2.75) is 381 Å². The maximum absolute atomic E-state index is 13.4. The Bertz CT molecular complexity index is 2020. The third-order valence-electron chi connectivity index (χ3n) is 18.8. The minimum absolute atomic E-state index is 0.201. The van der Waals surface area contributed by atoms with Crippen molar-refractivity contribution in [1.82, 2.24) is 5.32 Å². The minimum Gasteiger partial charge on any atom is -0.394 e. The van der Waals surface area contributed by atoms with Crippen molar-refractivity contribution >= 4 is 5.91 Å².